The van der Waals surface area contributed by atoms with Crippen molar-refractivity contribution < 1.29 is 31.9 Å². The van der Waals surface area contributed by atoms with Crippen LogP contribution < -0.4 is 0 Å². The van der Waals surface area contributed by atoms with Gasteiger partial charge in [-0.25, -0.2) is 4.79 Å². The van der Waals surface area contributed by atoms with Gasteiger partial charge in [-0.2, -0.15) is 13.2 Å². The zero-order valence-electron chi connectivity index (χ0n) is 15.7. The average molecular weight is 405 g/mol. The van der Waals surface area contributed by atoms with E-state index in [9.17, 15) is 22.8 Å². The molecule has 0 unspecified atom stereocenters. The van der Waals surface area contributed by atoms with Crippen LogP contribution in [0.5, 0.6) is 0 Å². The Labute approximate surface area is 164 Å². The van der Waals surface area contributed by atoms with E-state index in [1.807, 2.05) is 17.6 Å². The molecule has 0 aliphatic rings. The highest BCUT2D eigenvalue weighted by Crippen LogP contribution is 2.29. The van der Waals surface area contributed by atoms with Gasteiger partial charge >= 0.3 is 12.1 Å². The first-order valence-electron chi connectivity index (χ1n) is 8.73. The number of rotatable bonds is 6. The number of carbonyl (C=O) groups is 2. The third-order valence-corrected chi connectivity index (χ3v) is 4.53. The van der Waals surface area contributed by atoms with E-state index >= 15 is 0 Å². The average Bonchev–Trinajstić information content (AvgIpc) is 3.29. The topological polar surface area (TPSA) is 61.4 Å². The van der Waals surface area contributed by atoms with E-state index in [1.165, 1.54) is 6.07 Å². The molecule has 152 valence electrons. The zero-order valence-corrected chi connectivity index (χ0v) is 15.7. The van der Waals surface area contributed by atoms with Gasteiger partial charge in [-0.15, -0.1) is 0 Å². The Kier molecular flexibility index (Phi) is 5.63. The Bertz CT molecular complexity index is 1030. The Hall–Kier alpha value is -3.29. The van der Waals surface area contributed by atoms with Gasteiger partial charge in [0, 0.05) is 17.0 Å². The molecule has 0 amide bonds. The molecule has 0 aliphatic carbocycles. The Morgan fingerprint density at radius 3 is 2.52 bits per heavy atom. The quantitative estimate of drug-likeness (QED) is 0.436. The second-order valence-electron chi connectivity index (χ2n) is 6.53. The van der Waals surface area contributed by atoms with Crippen LogP contribution in [0.4, 0.5) is 13.2 Å². The number of furan rings is 1. The van der Waals surface area contributed by atoms with Crippen LogP contribution in [0.3, 0.4) is 0 Å². The van der Waals surface area contributed by atoms with Gasteiger partial charge in [0.05, 0.1) is 23.9 Å². The molecule has 0 bridgehead atoms. The number of esters is 1. The Morgan fingerprint density at radius 2 is 1.86 bits per heavy atom. The molecule has 0 radical (unpaired) electrons. The number of benzene rings is 1. The number of alkyl halides is 3. The maximum atomic E-state index is 12.8. The van der Waals surface area contributed by atoms with Gasteiger partial charge in [0.2, 0.25) is 5.78 Å². The van der Waals surface area contributed by atoms with Gasteiger partial charge < -0.3 is 13.7 Å². The lowest BCUT2D eigenvalue weighted by atomic mass is 10.1. The molecule has 0 atom stereocenters. The summed E-state index contributed by atoms with van der Waals surface area (Å²) >= 11 is 0. The minimum Gasteiger partial charge on any atom is -0.467 e. The minimum atomic E-state index is -4.57. The summed E-state index contributed by atoms with van der Waals surface area (Å²) in [5, 5.41) is 0. The van der Waals surface area contributed by atoms with E-state index in [1.54, 1.807) is 25.3 Å². The van der Waals surface area contributed by atoms with Crippen LogP contribution >= 0.6 is 0 Å². The molecule has 5 nitrogen and oxygen atoms in total. The lowest BCUT2D eigenvalue weighted by molar-refractivity contribution is -0.137. The van der Waals surface area contributed by atoms with E-state index in [-0.39, 0.29) is 5.56 Å². The molecule has 0 spiro atoms. The van der Waals surface area contributed by atoms with Gasteiger partial charge in [0.25, 0.3) is 0 Å². The van der Waals surface area contributed by atoms with Crippen molar-refractivity contribution in [2.45, 2.75) is 26.6 Å². The Balaban J connectivity index is 1.69. The minimum absolute atomic E-state index is 0.268. The lowest BCUT2D eigenvalue weighted by Gasteiger charge is -2.09. The fraction of sp³-hybridized carbons (Fsp3) is 0.238. The van der Waals surface area contributed by atoms with E-state index in [0.29, 0.717) is 23.9 Å². The van der Waals surface area contributed by atoms with Crippen LogP contribution in [0.25, 0.3) is 0 Å². The monoisotopic (exact) mass is 405 g/mol. The molecule has 8 heteroatoms. The number of hydrogen-bond donors (Lipinski definition) is 0. The predicted molar refractivity (Wildman–Crippen MR) is 97.8 cm³/mol. The van der Waals surface area contributed by atoms with Crippen molar-refractivity contribution in [2.75, 3.05) is 6.61 Å². The van der Waals surface area contributed by atoms with Crippen LogP contribution in [0.1, 0.15) is 43.4 Å². The fourth-order valence-electron chi connectivity index (χ4n) is 3.00. The largest absolute Gasteiger partial charge is 0.467 e. The molecule has 3 aromatic rings. The number of aromatic nitrogens is 1. The zero-order chi connectivity index (χ0) is 21.2. The van der Waals surface area contributed by atoms with Gasteiger partial charge in [-0.3, -0.25) is 4.79 Å². The molecule has 0 aliphatic heterocycles. The highest BCUT2D eigenvalue weighted by atomic mass is 19.4. The summed E-state index contributed by atoms with van der Waals surface area (Å²) in [6.07, 6.45) is -3.01. The van der Waals surface area contributed by atoms with Crippen molar-refractivity contribution in [3.05, 3.63) is 82.6 Å². The molecule has 29 heavy (non-hydrogen) atoms. The molecular weight excluding hydrogens is 387 g/mol. The van der Waals surface area contributed by atoms with Crippen LogP contribution in [0.15, 0.2) is 53.1 Å². The lowest BCUT2D eigenvalue weighted by Crippen LogP contribution is -2.16. The Morgan fingerprint density at radius 1 is 1.10 bits per heavy atom. The summed E-state index contributed by atoms with van der Waals surface area (Å²) in [5.41, 5.74) is 0.659. The summed E-state index contributed by atoms with van der Waals surface area (Å²) in [5.74, 6) is -0.709. The van der Waals surface area contributed by atoms with Crippen molar-refractivity contribution in [1.82, 2.24) is 4.57 Å². The third kappa shape index (κ3) is 4.59. The number of Topliss-reactive ketones (excluding diaryl/α,β-unsaturated/α-hetero) is 1. The first-order valence-corrected chi connectivity index (χ1v) is 8.73. The van der Waals surface area contributed by atoms with Crippen molar-refractivity contribution in [3.8, 4) is 0 Å². The molecular formula is C21H18F3NO4. The number of ketones is 1. The van der Waals surface area contributed by atoms with Crippen LogP contribution in [-0.4, -0.2) is 22.9 Å². The maximum absolute atomic E-state index is 12.8. The first kappa shape index (κ1) is 20.4. The second-order valence-corrected chi connectivity index (χ2v) is 6.53. The maximum Gasteiger partial charge on any atom is 0.416 e. The third-order valence-electron chi connectivity index (χ3n) is 4.53. The summed E-state index contributed by atoms with van der Waals surface area (Å²) in [6.45, 7) is 3.47. The smallest absolute Gasteiger partial charge is 0.416 e. The number of carbonyl (C=O) groups excluding carboxylic acids is 2. The number of ether oxygens (including phenoxy) is 1. The summed E-state index contributed by atoms with van der Waals surface area (Å²) in [7, 11) is 0. The van der Waals surface area contributed by atoms with Crippen LogP contribution in [0, 0.1) is 13.8 Å². The molecule has 3 rings (SSSR count). The molecule has 0 saturated heterocycles. The highest BCUT2D eigenvalue weighted by Gasteiger charge is 2.31. The van der Waals surface area contributed by atoms with E-state index in [2.05, 4.69) is 0 Å². The molecule has 0 fully saturated rings. The number of halogens is 3. The first-order chi connectivity index (χ1) is 13.7. The number of aryl methyl sites for hydroxylation is 1. The SMILES string of the molecule is Cc1cc(C(=O)COC(=O)c2cccc(C(F)(F)F)c2)c(C)n1Cc1ccco1. The summed E-state index contributed by atoms with van der Waals surface area (Å²) in [6, 6.07) is 9.14. The van der Waals surface area contributed by atoms with Crippen molar-refractivity contribution in [3.63, 3.8) is 0 Å². The van der Waals surface area contributed by atoms with Crippen LogP contribution in [-0.2, 0) is 17.5 Å². The van der Waals surface area contributed by atoms with Crippen LogP contribution in [0.2, 0.25) is 0 Å². The molecule has 2 heterocycles. The van der Waals surface area contributed by atoms with Gasteiger partial charge in [0.1, 0.15) is 5.76 Å². The summed E-state index contributed by atoms with van der Waals surface area (Å²) < 4.78 is 50.5. The van der Waals surface area contributed by atoms with Gasteiger partial charge in [0.15, 0.2) is 6.61 Å². The fourth-order valence-corrected chi connectivity index (χ4v) is 3.00. The normalized spacial score (nSPS) is 11.5. The molecule has 0 saturated carbocycles. The van der Waals surface area contributed by atoms with Gasteiger partial charge in [-0.1, -0.05) is 6.07 Å². The predicted octanol–water partition coefficient (Wildman–Crippen LogP) is 4.80. The van der Waals surface area contributed by atoms with Crippen molar-refractivity contribution in [1.29, 1.82) is 0 Å². The van der Waals surface area contributed by atoms with E-state index in [0.717, 1.165) is 23.6 Å². The number of hydrogen-bond acceptors (Lipinski definition) is 4. The van der Waals surface area contributed by atoms with Gasteiger partial charge in [-0.05, 0) is 50.2 Å². The molecule has 2 aromatic heterocycles. The second kappa shape index (κ2) is 7.98. The van der Waals surface area contributed by atoms with E-state index < -0.39 is 30.1 Å². The van der Waals surface area contributed by atoms with Crippen molar-refractivity contribution in [2.24, 2.45) is 0 Å². The van der Waals surface area contributed by atoms with Crippen molar-refractivity contribution >= 4 is 11.8 Å². The van der Waals surface area contributed by atoms with E-state index in [4.69, 9.17) is 9.15 Å². The molecule has 1 aromatic carbocycles. The standard InChI is InChI=1S/C21H18F3NO4/c1-13-9-18(14(2)25(13)11-17-7-4-8-28-17)19(26)12-29-20(27)15-5-3-6-16(10-15)21(22,23)24/h3-10H,11-12H2,1-2H3. The molecule has 0 N–H and O–H groups in total. The number of nitrogens with zero attached hydrogens (tertiary/aromatic N) is 1. The summed E-state index contributed by atoms with van der Waals surface area (Å²) in [4.78, 5) is 24.6. The highest BCUT2D eigenvalue weighted by molar-refractivity contribution is 6.00.